The molecule has 20 heavy (non-hydrogen) atoms. The zero-order chi connectivity index (χ0) is 15.1. The second kappa shape index (κ2) is 8.09. The number of carboxylic acid groups (broad SMARTS) is 1. The largest absolute Gasteiger partial charge is 0.480 e. The minimum absolute atomic E-state index is 0.139. The Morgan fingerprint density at radius 2 is 1.80 bits per heavy atom. The highest BCUT2D eigenvalue weighted by atomic mass is 16.4. The highest BCUT2D eigenvalue weighted by Gasteiger charge is 2.23. The van der Waals surface area contributed by atoms with Crippen molar-refractivity contribution in [3.05, 3.63) is 0 Å². The average Bonchev–Trinajstić information content (AvgIpc) is 2.85. The maximum absolute atomic E-state index is 11.7. The van der Waals surface area contributed by atoms with Gasteiger partial charge in [0.2, 0.25) is 0 Å². The summed E-state index contributed by atoms with van der Waals surface area (Å²) < 4.78 is 0. The number of aliphatic carboxylic acids is 1. The number of rotatable bonds is 7. The molecule has 0 aromatic rings. The molecule has 1 heterocycles. The van der Waals surface area contributed by atoms with Gasteiger partial charge in [-0.2, -0.15) is 0 Å². The molecule has 0 spiro atoms. The Kier molecular flexibility index (Phi) is 6.78. The number of likely N-dealkylation sites (tertiary alicyclic amines) is 1. The quantitative estimate of drug-likeness (QED) is 0.655. The monoisotopic (exact) mass is 285 g/mol. The molecule has 116 valence electrons. The van der Waals surface area contributed by atoms with Crippen molar-refractivity contribution in [3.63, 3.8) is 0 Å². The standard InChI is InChI=1S/C14H27N3O3/c1-10(2)12(13(18)19)16-14(20)15-8-11(3)9-17-6-4-5-7-17/h10-12H,4-9H2,1-3H3,(H,18,19)(H2,15,16,20). The van der Waals surface area contributed by atoms with Crippen LogP contribution in [-0.4, -0.2) is 54.2 Å². The van der Waals surface area contributed by atoms with Crippen LogP contribution in [0.5, 0.6) is 0 Å². The molecule has 0 aromatic heterocycles. The average molecular weight is 285 g/mol. The summed E-state index contributed by atoms with van der Waals surface area (Å²) in [6.07, 6.45) is 2.52. The smallest absolute Gasteiger partial charge is 0.326 e. The molecule has 3 N–H and O–H groups in total. The summed E-state index contributed by atoms with van der Waals surface area (Å²) in [5.41, 5.74) is 0. The minimum atomic E-state index is -1.000. The van der Waals surface area contributed by atoms with E-state index in [1.54, 1.807) is 13.8 Å². The minimum Gasteiger partial charge on any atom is -0.480 e. The number of amides is 2. The van der Waals surface area contributed by atoms with E-state index >= 15 is 0 Å². The summed E-state index contributed by atoms with van der Waals surface area (Å²) in [6, 6.07) is -1.25. The van der Waals surface area contributed by atoms with Gasteiger partial charge in [0, 0.05) is 13.1 Å². The van der Waals surface area contributed by atoms with Gasteiger partial charge in [0.25, 0.3) is 0 Å². The molecule has 1 rings (SSSR count). The van der Waals surface area contributed by atoms with Gasteiger partial charge in [0.15, 0.2) is 0 Å². The van der Waals surface area contributed by atoms with Crippen LogP contribution in [0.25, 0.3) is 0 Å². The third kappa shape index (κ3) is 5.77. The first kappa shape index (κ1) is 16.8. The van der Waals surface area contributed by atoms with E-state index in [4.69, 9.17) is 5.11 Å². The van der Waals surface area contributed by atoms with Crippen LogP contribution in [0.4, 0.5) is 4.79 Å². The summed E-state index contributed by atoms with van der Waals surface area (Å²) in [7, 11) is 0. The van der Waals surface area contributed by atoms with Gasteiger partial charge in [-0.1, -0.05) is 20.8 Å². The van der Waals surface area contributed by atoms with E-state index in [1.807, 2.05) is 0 Å². The Morgan fingerprint density at radius 3 is 2.30 bits per heavy atom. The number of hydrogen-bond acceptors (Lipinski definition) is 3. The highest BCUT2D eigenvalue weighted by Crippen LogP contribution is 2.09. The van der Waals surface area contributed by atoms with Crippen molar-refractivity contribution in [1.29, 1.82) is 0 Å². The van der Waals surface area contributed by atoms with Gasteiger partial charge < -0.3 is 20.6 Å². The zero-order valence-corrected chi connectivity index (χ0v) is 12.7. The van der Waals surface area contributed by atoms with E-state index in [1.165, 1.54) is 12.8 Å². The van der Waals surface area contributed by atoms with Crippen molar-refractivity contribution in [3.8, 4) is 0 Å². The number of nitrogens with one attached hydrogen (secondary N) is 2. The topological polar surface area (TPSA) is 81.7 Å². The molecule has 0 bridgehead atoms. The molecule has 6 heteroatoms. The van der Waals surface area contributed by atoms with Gasteiger partial charge >= 0.3 is 12.0 Å². The summed E-state index contributed by atoms with van der Waals surface area (Å²) in [4.78, 5) is 25.1. The lowest BCUT2D eigenvalue weighted by molar-refractivity contribution is -0.140. The number of carbonyl (C=O) groups excluding carboxylic acids is 1. The van der Waals surface area contributed by atoms with Crippen LogP contribution in [0.1, 0.15) is 33.6 Å². The Labute approximate surface area is 120 Å². The van der Waals surface area contributed by atoms with Crippen LogP contribution in [0, 0.1) is 11.8 Å². The number of carbonyl (C=O) groups is 2. The maximum atomic E-state index is 11.7. The molecule has 0 aliphatic carbocycles. The van der Waals surface area contributed by atoms with Crippen molar-refractivity contribution in [1.82, 2.24) is 15.5 Å². The molecule has 1 fully saturated rings. The molecular formula is C14H27N3O3. The molecular weight excluding hydrogens is 258 g/mol. The Morgan fingerprint density at radius 1 is 1.20 bits per heavy atom. The van der Waals surface area contributed by atoms with Crippen molar-refractivity contribution >= 4 is 12.0 Å². The van der Waals surface area contributed by atoms with Gasteiger partial charge in [-0.3, -0.25) is 0 Å². The van der Waals surface area contributed by atoms with E-state index in [-0.39, 0.29) is 5.92 Å². The van der Waals surface area contributed by atoms with Crippen LogP contribution in [-0.2, 0) is 4.79 Å². The lowest BCUT2D eigenvalue weighted by Crippen LogP contribution is -2.49. The van der Waals surface area contributed by atoms with Crippen LogP contribution in [0.3, 0.4) is 0 Å². The first-order chi connectivity index (χ1) is 9.40. The lowest BCUT2D eigenvalue weighted by Gasteiger charge is -2.22. The fourth-order valence-corrected chi connectivity index (χ4v) is 2.44. The summed E-state index contributed by atoms with van der Waals surface area (Å²) in [5, 5.41) is 14.3. The second-order valence-corrected chi connectivity index (χ2v) is 6.03. The number of hydrogen-bond donors (Lipinski definition) is 3. The first-order valence-electron chi connectivity index (χ1n) is 7.39. The molecule has 0 saturated carbocycles. The Balaban J connectivity index is 2.25. The van der Waals surface area contributed by atoms with Gasteiger partial charge in [0.05, 0.1) is 0 Å². The van der Waals surface area contributed by atoms with Gasteiger partial charge in [0.1, 0.15) is 6.04 Å². The molecule has 0 aromatic carbocycles. The SMILES string of the molecule is CC(CNC(=O)NC(C(=O)O)C(C)C)CN1CCCC1. The third-order valence-electron chi connectivity index (χ3n) is 3.60. The molecule has 1 aliphatic heterocycles. The summed E-state index contributed by atoms with van der Waals surface area (Å²) in [5.74, 6) is -0.776. The first-order valence-corrected chi connectivity index (χ1v) is 7.39. The van der Waals surface area contributed by atoms with E-state index in [9.17, 15) is 9.59 Å². The number of nitrogens with zero attached hydrogens (tertiary/aromatic N) is 1. The number of urea groups is 1. The summed E-state index contributed by atoms with van der Waals surface area (Å²) >= 11 is 0. The second-order valence-electron chi connectivity index (χ2n) is 6.03. The highest BCUT2D eigenvalue weighted by molar-refractivity contribution is 5.82. The predicted molar refractivity (Wildman–Crippen MR) is 77.6 cm³/mol. The Hall–Kier alpha value is -1.30. The van der Waals surface area contributed by atoms with Crippen LogP contribution in [0.15, 0.2) is 0 Å². The molecule has 1 saturated heterocycles. The molecule has 2 atom stereocenters. The third-order valence-corrected chi connectivity index (χ3v) is 3.60. The normalized spacial score (nSPS) is 18.8. The summed E-state index contributed by atoms with van der Waals surface area (Å²) in [6.45, 7) is 9.47. The maximum Gasteiger partial charge on any atom is 0.326 e. The predicted octanol–water partition coefficient (Wildman–Crippen LogP) is 1.13. The fourth-order valence-electron chi connectivity index (χ4n) is 2.44. The lowest BCUT2D eigenvalue weighted by atomic mass is 10.1. The number of carboxylic acids is 1. The van der Waals surface area contributed by atoms with Crippen LogP contribution >= 0.6 is 0 Å². The van der Waals surface area contributed by atoms with Crippen LogP contribution < -0.4 is 10.6 Å². The fraction of sp³-hybridized carbons (Fsp3) is 0.857. The Bertz CT molecular complexity index is 328. The van der Waals surface area contributed by atoms with Gasteiger partial charge in [-0.15, -0.1) is 0 Å². The van der Waals surface area contributed by atoms with Crippen molar-refractivity contribution in [2.75, 3.05) is 26.2 Å². The van der Waals surface area contributed by atoms with E-state index in [0.29, 0.717) is 12.5 Å². The zero-order valence-electron chi connectivity index (χ0n) is 12.7. The molecule has 1 aliphatic rings. The van der Waals surface area contributed by atoms with Gasteiger partial charge in [-0.05, 0) is 37.8 Å². The molecule has 0 radical (unpaired) electrons. The molecule has 2 unspecified atom stereocenters. The van der Waals surface area contributed by atoms with E-state index < -0.39 is 18.0 Å². The van der Waals surface area contributed by atoms with Crippen LogP contribution in [0.2, 0.25) is 0 Å². The van der Waals surface area contributed by atoms with Gasteiger partial charge in [-0.25, -0.2) is 9.59 Å². The molecule has 6 nitrogen and oxygen atoms in total. The van der Waals surface area contributed by atoms with E-state index in [2.05, 4.69) is 22.5 Å². The van der Waals surface area contributed by atoms with E-state index in [0.717, 1.165) is 19.6 Å². The van der Waals surface area contributed by atoms with Crippen molar-refractivity contribution < 1.29 is 14.7 Å². The molecule has 2 amide bonds. The van der Waals surface area contributed by atoms with Crippen molar-refractivity contribution in [2.45, 2.75) is 39.7 Å². The van der Waals surface area contributed by atoms with Crippen molar-refractivity contribution in [2.24, 2.45) is 11.8 Å².